The molecule has 0 spiro atoms. The Labute approximate surface area is 107 Å². The van der Waals surface area contributed by atoms with Crippen LogP contribution in [-0.2, 0) is 0 Å². The minimum atomic E-state index is -0.196. The molecule has 1 aromatic rings. The van der Waals surface area contributed by atoms with E-state index in [2.05, 4.69) is 11.4 Å². The summed E-state index contributed by atoms with van der Waals surface area (Å²) in [4.78, 5) is 14.3. The lowest BCUT2D eigenvalue weighted by Gasteiger charge is -2.42. The van der Waals surface area contributed by atoms with Gasteiger partial charge >= 0.3 is 0 Å². The maximum Gasteiger partial charge on any atom is 0.254 e. The molecular weight excluding hydrogens is 226 g/mol. The van der Waals surface area contributed by atoms with E-state index in [0.717, 1.165) is 13.1 Å². The predicted molar refractivity (Wildman–Crippen MR) is 69.1 cm³/mol. The minimum Gasteiger partial charge on any atom is -0.331 e. The van der Waals surface area contributed by atoms with Gasteiger partial charge in [-0.2, -0.15) is 5.26 Å². The van der Waals surface area contributed by atoms with Crippen LogP contribution in [0.1, 0.15) is 29.8 Å². The summed E-state index contributed by atoms with van der Waals surface area (Å²) >= 11 is 0. The van der Waals surface area contributed by atoms with Crippen LogP contribution in [0.2, 0.25) is 0 Å². The number of hydrogen-bond acceptors (Lipinski definition) is 3. The van der Waals surface area contributed by atoms with Crippen molar-refractivity contribution in [3.8, 4) is 6.07 Å². The van der Waals surface area contributed by atoms with Crippen LogP contribution in [0.3, 0.4) is 0 Å². The maximum absolute atomic E-state index is 12.5. The first-order chi connectivity index (χ1) is 8.54. The molecule has 1 saturated heterocycles. The zero-order valence-electron chi connectivity index (χ0n) is 10.7. The summed E-state index contributed by atoms with van der Waals surface area (Å²) in [6.45, 7) is 6.39. The van der Waals surface area contributed by atoms with E-state index in [4.69, 9.17) is 5.26 Å². The average Bonchev–Trinajstić information content (AvgIpc) is 2.37. The number of nitrogens with one attached hydrogen (secondary N) is 1. The lowest BCUT2D eigenvalue weighted by Crippen LogP contribution is -2.59. The van der Waals surface area contributed by atoms with Crippen LogP contribution >= 0.6 is 0 Å². The van der Waals surface area contributed by atoms with Gasteiger partial charge < -0.3 is 10.2 Å². The Morgan fingerprint density at radius 3 is 2.94 bits per heavy atom. The van der Waals surface area contributed by atoms with Crippen molar-refractivity contribution in [1.29, 1.82) is 5.26 Å². The Hall–Kier alpha value is -1.86. The third kappa shape index (κ3) is 2.36. The van der Waals surface area contributed by atoms with Crippen molar-refractivity contribution in [3.05, 3.63) is 35.4 Å². The second-order valence-electron chi connectivity index (χ2n) is 5.14. The highest BCUT2D eigenvalue weighted by atomic mass is 16.2. The van der Waals surface area contributed by atoms with Crippen LogP contribution in [0.25, 0.3) is 0 Å². The second-order valence-corrected chi connectivity index (χ2v) is 5.14. The fourth-order valence-corrected chi connectivity index (χ4v) is 2.24. The number of benzene rings is 1. The van der Waals surface area contributed by atoms with Crippen molar-refractivity contribution in [2.75, 3.05) is 19.6 Å². The number of carbonyl (C=O) groups is 1. The molecule has 94 valence electrons. The van der Waals surface area contributed by atoms with E-state index >= 15 is 0 Å². The Morgan fingerprint density at radius 2 is 2.28 bits per heavy atom. The van der Waals surface area contributed by atoms with Gasteiger partial charge in [-0.1, -0.05) is 6.07 Å². The van der Waals surface area contributed by atoms with Crippen LogP contribution in [0.4, 0.5) is 0 Å². The highest BCUT2D eigenvalue weighted by Crippen LogP contribution is 2.19. The van der Waals surface area contributed by atoms with E-state index in [0.29, 0.717) is 17.7 Å². The smallest absolute Gasteiger partial charge is 0.254 e. The topological polar surface area (TPSA) is 56.1 Å². The molecule has 1 aliphatic heterocycles. The summed E-state index contributed by atoms with van der Waals surface area (Å²) in [5, 5.41) is 12.2. The zero-order chi connectivity index (χ0) is 13.2. The number of amides is 1. The van der Waals surface area contributed by atoms with Gasteiger partial charge in [-0.15, -0.1) is 0 Å². The van der Waals surface area contributed by atoms with Gasteiger partial charge in [0.1, 0.15) is 0 Å². The number of piperazine rings is 1. The van der Waals surface area contributed by atoms with E-state index in [1.54, 1.807) is 24.3 Å². The molecule has 1 aromatic carbocycles. The van der Waals surface area contributed by atoms with E-state index in [1.165, 1.54) is 0 Å². The number of carbonyl (C=O) groups excluding carboxylic acids is 1. The molecular formula is C14H17N3O. The molecule has 4 nitrogen and oxygen atoms in total. The standard InChI is InChI=1S/C14H17N3O/c1-14(2)10-16-6-7-17(14)13(18)12-5-3-4-11(8-12)9-15/h3-5,8,16H,6-7,10H2,1-2H3. The molecule has 1 N–H and O–H groups in total. The van der Waals surface area contributed by atoms with Crippen molar-refractivity contribution in [3.63, 3.8) is 0 Å². The Kier molecular flexibility index (Phi) is 3.35. The Bertz CT molecular complexity index is 502. The molecule has 0 aliphatic carbocycles. The maximum atomic E-state index is 12.5. The average molecular weight is 243 g/mol. The predicted octanol–water partition coefficient (Wildman–Crippen LogP) is 1.38. The van der Waals surface area contributed by atoms with Crippen molar-refractivity contribution >= 4 is 5.91 Å². The van der Waals surface area contributed by atoms with E-state index < -0.39 is 0 Å². The summed E-state index contributed by atoms with van der Waals surface area (Å²) in [5.74, 6) is -0.00130. The molecule has 0 unspecified atom stereocenters. The first-order valence-corrected chi connectivity index (χ1v) is 6.07. The van der Waals surface area contributed by atoms with Crippen LogP contribution < -0.4 is 5.32 Å². The zero-order valence-corrected chi connectivity index (χ0v) is 10.7. The normalized spacial score (nSPS) is 18.2. The number of hydrogen-bond donors (Lipinski definition) is 1. The van der Waals surface area contributed by atoms with Gasteiger partial charge in [-0.3, -0.25) is 4.79 Å². The van der Waals surface area contributed by atoms with Crippen LogP contribution in [0.5, 0.6) is 0 Å². The highest BCUT2D eigenvalue weighted by molar-refractivity contribution is 5.95. The van der Waals surface area contributed by atoms with Gasteiger partial charge in [0.25, 0.3) is 5.91 Å². The van der Waals surface area contributed by atoms with E-state index in [1.807, 2.05) is 18.7 Å². The molecule has 1 heterocycles. The molecule has 0 saturated carbocycles. The summed E-state index contributed by atoms with van der Waals surface area (Å²) < 4.78 is 0. The fraction of sp³-hybridized carbons (Fsp3) is 0.429. The third-order valence-electron chi connectivity index (χ3n) is 3.28. The van der Waals surface area contributed by atoms with Crippen molar-refractivity contribution < 1.29 is 4.79 Å². The molecule has 1 aliphatic rings. The summed E-state index contributed by atoms with van der Waals surface area (Å²) in [5.41, 5.74) is 0.913. The van der Waals surface area contributed by atoms with Gasteiger partial charge in [0.2, 0.25) is 0 Å². The second kappa shape index (κ2) is 4.79. The van der Waals surface area contributed by atoms with Crippen molar-refractivity contribution in [2.24, 2.45) is 0 Å². The SMILES string of the molecule is CC1(C)CNCCN1C(=O)c1cccc(C#N)c1. The van der Waals surface area contributed by atoms with Crippen molar-refractivity contribution in [1.82, 2.24) is 10.2 Å². The van der Waals surface area contributed by atoms with Crippen LogP contribution in [-0.4, -0.2) is 36.0 Å². The lowest BCUT2D eigenvalue weighted by molar-refractivity contribution is 0.0477. The van der Waals surface area contributed by atoms with Gasteiger partial charge in [-0.25, -0.2) is 0 Å². The molecule has 1 fully saturated rings. The summed E-state index contributed by atoms with van der Waals surface area (Å²) in [6, 6.07) is 8.94. The Morgan fingerprint density at radius 1 is 1.50 bits per heavy atom. The third-order valence-corrected chi connectivity index (χ3v) is 3.28. The molecule has 18 heavy (non-hydrogen) atoms. The fourth-order valence-electron chi connectivity index (χ4n) is 2.24. The molecule has 0 atom stereocenters. The minimum absolute atomic E-state index is 0.00130. The molecule has 1 amide bonds. The number of nitrogens with zero attached hydrogens (tertiary/aromatic N) is 2. The summed E-state index contributed by atoms with van der Waals surface area (Å²) in [7, 11) is 0. The first kappa shape index (κ1) is 12.6. The van der Waals surface area contributed by atoms with E-state index in [-0.39, 0.29) is 11.4 Å². The molecule has 0 bridgehead atoms. The van der Waals surface area contributed by atoms with Crippen molar-refractivity contribution in [2.45, 2.75) is 19.4 Å². The number of nitriles is 1. The quantitative estimate of drug-likeness (QED) is 0.810. The molecule has 0 radical (unpaired) electrons. The van der Waals surface area contributed by atoms with Gasteiger partial charge in [0, 0.05) is 25.2 Å². The number of rotatable bonds is 1. The Balaban J connectivity index is 2.27. The van der Waals surface area contributed by atoms with E-state index in [9.17, 15) is 4.79 Å². The van der Waals surface area contributed by atoms with Gasteiger partial charge in [0.15, 0.2) is 0 Å². The highest BCUT2D eigenvalue weighted by Gasteiger charge is 2.33. The summed E-state index contributed by atoms with van der Waals surface area (Å²) in [6.07, 6.45) is 0. The van der Waals surface area contributed by atoms with Gasteiger partial charge in [0.05, 0.1) is 17.2 Å². The first-order valence-electron chi connectivity index (χ1n) is 6.07. The lowest BCUT2D eigenvalue weighted by atomic mass is 9.98. The van der Waals surface area contributed by atoms with Gasteiger partial charge in [-0.05, 0) is 32.0 Å². The molecule has 4 heteroatoms. The molecule has 0 aromatic heterocycles. The largest absolute Gasteiger partial charge is 0.331 e. The van der Waals surface area contributed by atoms with Crippen LogP contribution in [0.15, 0.2) is 24.3 Å². The monoisotopic (exact) mass is 243 g/mol. The van der Waals surface area contributed by atoms with Crippen LogP contribution in [0, 0.1) is 11.3 Å². The molecule has 2 rings (SSSR count).